The number of aromatic nitrogens is 5. The molecule has 0 aliphatic carbocycles. The van der Waals surface area contributed by atoms with Gasteiger partial charge in [-0.05, 0) is 19.1 Å². The van der Waals surface area contributed by atoms with Crippen molar-refractivity contribution >= 4 is 5.95 Å². The highest BCUT2D eigenvalue weighted by molar-refractivity contribution is 5.33. The number of nitrogen functional groups attached to an aromatic ring is 1. The van der Waals surface area contributed by atoms with Crippen LogP contribution in [0.3, 0.4) is 0 Å². The Bertz CT molecular complexity index is 741. The van der Waals surface area contributed by atoms with Crippen molar-refractivity contribution in [3.05, 3.63) is 48.4 Å². The summed E-state index contributed by atoms with van der Waals surface area (Å²) in [7, 11) is 0. The Morgan fingerprint density at radius 2 is 2.00 bits per heavy atom. The Kier molecular flexibility index (Phi) is 3.44. The van der Waals surface area contributed by atoms with Crippen LogP contribution in [0.1, 0.15) is 5.56 Å². The van der Waals surface area contributed by atoms with Crippen molar-refractivity contribution in [3.8, 4) is 17.6 Å². The number of rotatable bonds is 4. The van der Waals surface area contributed by atoms with Crippen LogP contribution in [0.15, 0.2) is 42.9 Å². The Morgan fingerprint density at radius 3 is 2.76 bits per heavy atom. The molecule has 0 amide bonds. The normalized spacial score (nSPS) is 10.4. The molecule has 0 saturated carbocycles. The van der Waals surface area contributed by atoms with Crippen LogP contribution in [-0.4, -0.2) is 24.7 Å². The van der Waals surface area contributed by atoms with Gasteiger partial charge >= 0.3 is 6.01 Å². The van der Waals surface area contributed by atoms with E-state index in [1.807, 2.05) is 37.3 Å². The molecule has 2 aromatic heterocycles. The number of nitrogens with one attached hydrogen (secondary N) is 1. The van der Waals surface area contributed by atoms with Crippen LogP contribution in [-0.2, 0) is 0 Å². The molecule has 3 aromatic rings. The number of hydrazine groups is 1. The van der Waals surface area contributed by atoms with Gasteiger partial charge in [-0.25, -0.2) is 15.5 Å². The lowest BCUT2D eigenvalue weighted by atomic mass is 10.3. The minimum absolute atomic E-state index is 0.198. The van der Waals surface area contributed by atoms with E-state index in [0.717, 1.165) is 11.3 Å². The maximum atomic E-state index is 5.56. The molecule has 0 spiro atoms. The van der Waals surface area contributed by atoms with Crippen LogP contribution in [0, 0.1) is 6.92 Å². The van der Waals surface area contributed by atoms with Crippen molar-refractivity contribution in [3.63, 3.8) is 0 Å². The van der Waals surface area contributed by atoms with Crippen molar-refractivity contribution in [2.45, 2.75) is 6.92 Å². The predicted octanol–water partition coefficient (Wildman–Crippen LogP) is 1.44. The van der Waals surface area contributed by atoms with E-state index in [4.69, 9.17) is 10.6 Å². The molecule has 0 bridgehead atoms. The molecule has 21 heavy (non-hydrogen) atoms. The van der Waals surface area contributed by atoms with Crippen molar-refractivity contribution in [1.29, 1.82) is 0 Å². The summed E-state index contributed by atoms with van der Waals surface area (Å²) >= 11 is 0. The summed E-state index contributed by atoms with van der Waals surface area (Å²) in [4.78, 5) is 12.2. The number of hydrogen-bond donors (Lipinski definition) is 2. The number of para-hydroxylation sites is 1. The van der Waals surface area contributed by atoms with Crippen LogP contribution >= 0.6 is 0 Å². The Balaban J connectivity index is 1.85. The van der Waals surface area contributed by atoms with Gasteiger partial charge in [0.1, 0.15) is 6.33 Å². The second-order valence-electron chi connectivity index (χ2n) is 4.24. The van der Waals surface area contributed by atoms with Crippen LogP contribution in [0.25, 0.3) is 5.69 Å². The SMILES string of the molecule is Cc1cnc(NN)nc1Oc1ncn(-c2ccccc2)n1. The summed E-state index contributed by atoms with van der Waals surface area (Å²) in [6.07, 6.45) is 3.18. The van der Waals surface area contributed by atoms with Crippen molar-refractivity contribution in [2.75, 3.05) is 5.43 Å². The highest BCUT2D eigenvalue weighted by Gasteiger charge is 2.09. The summed E-state index contributed by atoms with van der Waals surface area (Å²) in [6, 6.07) is 9.82. The largest absolute Gasteiger partial charge is 0.404 e. The highest BCUT2D eigenvalue weighted by Crippen LogP contribution is 2.20. The molecule has 2 heterocycles. The summed E-state index contributed by atoms with van der Waals surface area (Å²) in [5, 5.41) is 4.24. The molecule has 0 fully saturated rings. The van der Waals surface area contributed by atoms with Gasteiger partial charge < -0.3 is 4.74 Å². The summed E-state index contributed by atoms with van der Waals surface area (Å²) in [6.45, 7) is 1.82. The Hall–Kier alpha value is -3.00. The number of ether oxygens (including phenoxy) is 1. The fourth-order valence-electron chi connectivity index (χ4n) is 1.69. The lowest BCUT2D eigenvalue weighted by molar-refractivity contribution is 0.421. The monoisotopic (exact) mass is 283 g/mol. The standard InChI is InChI=1S/C13H13N7O/c1-9-7-15-12(18-14)17-11(9)21-13-16-8-20(19-13)10-5-3-2-4-6-10/h2-8H,14H2,1H3,(H,15,17,18). The lowest BCUT2D eigenvalue weighted by Gasteiger charge is -2.05. The molecule has 0 unspecified atom stereocenters. The van der Waals surface area contributed by atoms with E-state index in [-0.39, 0.29) is 12.0 Å². The third kappa shape index (κ3) is 2.79. The molecule has 3 rings (SSSR count). The molecular formula is C13H13N7O. The molecule has 0 aliphatic heterocycles. The van der Waals surface area contributed by atoms with Gasteiger partial charge in [0.25, 0.3) is 0 Å². The second kappa shape index (κ2) is 5.55. The molecule has 3 N–H and O–H groups in total. The van der Waals surface area contributed by atoms with Gasteiger partial charge in [0, 0.05) is 11.8 Å². The molecule has 8 heteroatoms. The molecule has 0 radical (unpaired) electrons. The molecule has 0 saturated heterocycles. The van der Waals surface area contributed by atoms with Crippen molar-refractivity contribution < 1.29 is 4.74 Å². The van der Waals surface area contributed by atoms with E-state index < -0.39 is 0 Å². The van der Waals surface area contributed by atoms with Crippen LogP contribution in [0.2, 0.25) is 0 Å². The Labute approximate surface area is 120 Å². The van der Waals surface area contributed by atoms with Gasteiger partial charge in [0.15, 0.2) is 0 Å². The topological polar surface area (TPSA) is 104 Å². The molecule has 0 atom stereocenters. The maximum Gasteiger partial charge on any atom is 0.342 e. The van der Waals surface area contributed by atoms with Gasteiger partial charge in [0.05, 0.1) is 5.69 Å². The zero-order valence-electron chi connectivity index (χ0n) is 11.3. The van der Waals surface area contributed by atoms with Crippen LogP contribution < -0.4 is 16.0 Å². The highest BCUT2D eigenvalue weighted by atomic mass is 16.5. The minimum Gasteiger partial charge on any atom is -0.404 e. The third-order valence-corrected chi connectivity index (χ3v) is 2.73. The fraction of sp³-hybridized carbons (Fsp3) is 0.0769. The number of anilines is 1. The number of aryl methyl sites for hydroxylation is 1. The molecule has 0 aliphatic rings. The number of nitrogens with zero attached hydrogens (tertiary/aromatic N) is 5. The van der Waals surface area contributed by atoms with Crippen LogP contribution in [0.4, 0.5) is 5.95 Å². The molecule has 1 aromatic carbocycles. The molecule has 8 nitrogen and oxygen atoms in total. The zero-order valence-corrected chi connectivity index (χ0v) is 11.3. The minimum atomic E-state index is 0.198. The average molecular weight is 283 g/mol. The summed E-state index contributed by atoms with van der Waals surface area (Å²) < 4.78 is 7.18. The van der Waals surface area contributed by atoms with E-state index in [1.165, 1.54) is 0 Å². The van der Waals surface area contributed by atoms with E-state index >= 15 is 0 Å². The van der Waals surface area contributed by atoms with Crippen molar-refractivity contribution in [2.24, 2.45) is 5.84 Å². The number of benzene rings is 1. The first-order valence-electron chi connectivity index (χ1n) is 6.21. The second-order valence-corrected chi connectivity index (χ2v) is 4.24. The predicted molar refractivity (Wildman–Crippen MR) is 76.0 cm³/mol. The van der Waals surface area contributed by atoms with Crippen molar-refractivity contribution in [1.82, 2.24) is 24.7 Å². The van der Waals surface area contributed by atoms with Crippen LogP contribution in [0.5, 0.6) is 11.9 Å². The van der Waals surface area contributed by atoms with E-state index in [2.05, 4.69) is 25.5 Å². The lowest BCUT2D eigenvalue weighted by Crippen LogP contribution is -2.11. The van der Waals surface area contributed by atoms with Gasteiger partial charge in [-0.15, -0.1) is 5.10 Å². The molecular weight excluding hydrogens is 270 g/mol. The zero-order chi connectivity index (χ0) is 14.7. The molecule has 106 valence electrons. The Morgan fingerprint density at radius 1 is 1.19 bits per heavy atom. The first-order chi connectivity index (χ1) is 10.3. The number of nitrogens with two attached hydrogens (primary N) is 1. The van der Waals surface area contributed by atoms with Gasteiger partial charge in [-0.1, -0.05) is 18.2 Å². The third-order valence-electron chi connectivity index (χ3n) is 2.73. The van der Waals surface area contributed by atoms with E-state index in [9.17, 15) is 0 Å². The first-order valence-corrected chi connectivity index (χ1v) is 6.21. The van der Waals surface area contributed by atoms with Gasteiger partial charge in [0.2, 0.25) is 11.8 Å². The van der Waals surface area contributed by atoms with Gasteiger partial charge in [-0.2, -0.15) is 9.97 Å². The fourth-order valence-corrected chi connectivity index (χ4v) is 1.69. The first kappa shape index (κ1) is 13.0. The summed E-state index contributed by atoms with van der Waals surface area (Å²) in [5.41, 5.74) is 4.01. The van der Waals surface area contributed by atoms with E-state index in [1.54, 1.807) is 17.2 Å². The number of hydrogen-bond acceptors (Lipinski definition) is 7. The quantitative estimate of drug-likeness (QED) is 0.551. The smallest absolute Gasteiger partial charge is 0.342 e. The van der Waals surface area contributed by atoms with E-state index in [0.29, 0.717) is 5.88 Å². The van der Waals surface area contributed by atoms with Gasteiger partial charge in [-0.3, -0.25) is 5.43 Å². The average Bonchev–Trinajstić information content (AvgIpc) is 2.99. The summed E-state index contributed by atoms with van der Waals surface area (Å²) in [5.74, 6) is 5.89. The maximum absolute atomic E-state index is 5.56.